The highest BCUT2D eigenvalue weighted by Gasteiger charge is 2.25. The molecule has 0 radical (unpaired) electrons. The van der Waals surface area contributed by atoms with Crippen LogP contribution in [0.2, 0.25) is 0 Å². The van der Waals surface area contributed by atoms with E-state index in [1.54, 1.807) is 4.31 Å². The smallest absolute Gasteiger partial charge is 0.218 e. The summed E-state index contributed by atoms with van der Waals surface area (Å²) in [7, 11) is -3.14. The Kier molecular flexibility index (Phi) is 4.96. The van der Waals surface area contributed by atoms with Gasteiger partial charge in [-0.25, -0.2) is 12.7 Å². The molecule has 4 nitrogen and oxygen atoms in total. The third-order valence-corrected chi connectivity index (χ3v) is 5.23. The maximum Gasteiger partial charge on any atom is 0.218 e. The summed E-state index contributed by atoms with van der Waals surface area (Å²) in [6, 6.07) is 7.83. The molecule has 5 heteroatoms. The van der Waals surface area contributed by atoms with Crippen LogP contribution in [-0.4, -0.2) is 32.4 Å². The fourth-order valence-electron chi connectivity index (χ4n) is 2.37. The van der Waals surface area contributed by atoms with Crippen LogP contribution in [-0.2, 0) is 22.3 Å². The lowest BCUT2D eigenvalue weighted by Gasteiger charge is -2.15. The Morgan fingerprint density at radius 2 is 1.89 bits per heavy atom. The molecule has 0 atom stereocenters. The second-order valence-corrected chi connectivity index (χ2v) is 6.93. The monoisotopic (exact) mass is 282 g/mol. The van der Waals surface area contributed by atoms with Crippen LogP contribution in [0.3, 0.4) is 0 Å². The Balaban J connectivity index is 2.05. The highest BCUT2D eigenvalue weighted by atomic mass is 32.2. The lowest BCUT2D eigenvalue weighted by Crippen LogP contribution is -2.29. The molecule has 0 spiro atoms. The molecule has 1 fully saturated rings. The molecule has 19 heavy (non-hydrogen) atoms. The Hall–Kier alpha value is -0.910. The van der Waals surface area contributed by atoms with Crippen molar-refractivity contribution in [3.05, 3.63) is 35.4 Å². The van der Waals surface area contributed by atoms with Crippen LogP contribution >= 0.6 is 0 Å². The van der Waals surface area contributed by atoms with E-state index < -0.39 is 10.0 Å². The number of rotatable bonds is 6. The van der Waals surface area contributed by atoms with Gasteiger partial charge in [0.15, 0.2) is 0 Å². The average Bonchev–Trinajstić information content (AvgIpc) is 2.91. The first-order valence-corrected chi connectivity index (χ1v) is 8.49. The van der Waals surface area contributed by atoms with Gasteiger partial charge in [0.05, 0.1) is 5.75 Å². The molecule has 106 valence electrons. The summed E-state index contributed by atoms with van der Waals surface area (Å²) in [4.78, 5) is 0. The second-order valence-electron chi connectivity index (χ2n) is 4.96. The molecular formula is C14H22N2O2S. The van der Waals surface area contributed by atoms with Crippen LogP contribution in [0.15, 0.2) is 24.3 Å². The third-order valence-electron chi connectivity index (χ3n) is 3.38. The molecule has 1 N–H and O–H groups in total. The molecule has 1 aliphatic heterocycles. The van der Waals surface area contributed by atoms with E-state index in [9.17, 15) is 8.42 Å². The van der Waals surface area contributed by atoms with E-state index in [-0.39, 0.29) is 5.75 Å². The molecule has 0 saturated carbocycles. The van der Waals surface area contributed by atoms with E-state index in [1.807, 2.05) is 24.3 Å². The van der Waals surface area contributed by atoms with E-state index in [4.69, 9.17) is 0 Å². The number of hydrogen-bond acceptors (Lipinski definition) is 3. The van der Waals surface area contributed by atoms with Crippen molar-refractivity contribution >= 4 is 10.0 Å². The van der Waals surface area contributed by atoms with Crippen LogP contribution < -0.4 is 5.32 Å². The van der Waals surface area contributed by atoms with Gasteiger partial charge in [0, 0.05) is 19.6 Å². The van der Waals surface area contributed by atoms with Crippen molar-refractivity contribution < 1.29 is 8.42 Å². The van der Waals surface area contributed by atoms with Gasteiger partial charge in [-0.2, -0.15) is 0 Å². The lowest BCUT2D eigenvalue weighted by molar-refractivity contribution is 0.476. The predicted octanol–water partition coefficient (Wildman–Crippen LogP) is 1.72. The standard InChI is InChI=1S/C14H22N2O2S/c1-2-15-11-13-6-5-7-14(10-13)12-19(17,18)16-8-3-4-9-16/h5-7,10,15H,2-4,8-9,11-12H2,1H3. The summed E-state index contributed by atoms with van der Waals surface area (Å²) in [6.07, 6.45) is 1.97. The average molecular weight is 282 g/mol. The Bertz CT molecular complexity index is 508. The minimum atomic E-state index is -3.14. The predicted molar refractivity (Wildman–Crippen MR) is 77.3 cm³/mol. The molecule has 0 unspecified atom stereocenters. The van der Waals surface area contributed by atoms with Gasteiger partial charge in [-0.1, -0.05) is 31.2 Å². The quantitative estimate of drug-likeness (QED) is 0.864. The summed E-state index contributed by atoms with van der Waals surface area (Å²) in [5.74, 6) is 0.118. The van der Waals surface area contributed by atoms with Crippen molar-refractivity contribution in [2.24, 2.45) is 0 Å². The van der Waals surface area contributed by atoms with Gasteiger partial charge in [-0.15, -0.1) is 0 Å². The van der Waals surface area contributed by atoms with E-state index in [2.05, 4.69) is 12.2 Å². The van der Waals surface area contributed by atoms with Crippen molar-refractivity contribution in [3.8, 4) is 0 Å². The van der Waals surface area contributed by atoms with Gasteiger partial charge in [-0.3, -0.25) is 0 Å². The molecule has 2 rings (SSSR count). The van der Waals surface area contributed by atoms with Crippen molar-refractivity contribution in [2.45, 2.75) is 32.1 Å². The zero-order valence-corrected chi connectivity index (χ0v) is 12.2. The molecule has 1 heterocycles. The van der Waals surface area contributed by atoms with E-state index >= 15 is 0 Å². The van der Waals surface area contributed by atoms with E-state index in [0.29, 0.717) is 13.1 Å². The van der Waals surface area contributed by atoms with Crippen molar-refractivity contribution in [1.82, 2.24) is 9.62 Å². The molecule has 0 bridgehead atoms. The van der Waals surface area contributed by atoms with E-state index in [1.165, 1.54) is 0 Å². The number of sulfonamides is 1. The van der Waals surface area contributed by atoms with Gasteiger partial charge in [0.2, 0.25) is 10.0 Å². The zero-order valence-electron chi connectivity index (χ0n) is 11.4. The Labute approximate surface area is 115 Å². The maximum atomic E-state index is 12.2. The molecular weight excluding hydrogens is 260 g/mol. The largest absolute Gasteiger partial charge is 0.313 e. The molecule has 1 aromatic rings. The fourth-order valence-corrected chi connectivity index (χ4v) is 3.96. The molecule has 1 aromatic carbocycles. The minimum Gasteiger partial charge on any atom is -0.313 e. The summed E-state index contributed by atoms with van der Waals surface area (Å²) in [5.41, 5.74) is 2.01. The molecule has 0 aromatic heterocycles. The van der Waals surface area contributed by atoms with Crippen LogP contribution in [0.5, 0.6) is 0 Å². The first-order chi connectivity index (χ1) is 9.12. The van der Waals surface area contributed by atoms with Crippen molar-refractivity contribution in [1.29, 1.82) is 0 Å². The maximum absolute atomic E-state index is 12.2. The fraction of sp³-hybridized carbons (Fsp3) is 0.571. The summed E-state index contributed by atoms with van der Waals surface area (Å²) in [6.45, 7) is 5.12. The normalized spacial score (nSPS) is 16.9. The van der Waals surface area contributed by atoms with Gasteiger partial charge in [-0.05, 0) is 30.5 Å². The van der Waals surface area contributed by atoms with Crippen molar-refractivity contribution in [2.75, 3.05) is 19.6 Å². The number of benzene rings is 1. The Morgan fingerprint density at radius 1 is 1.21 bits per heavy atom. The zero-order chi connectivity index (χ0) is 13.7. The summed E-state index contributed by atoms with van der Waals surface area (Å²) < 4.78 is 26.1. The minimum absolute atomic E-state index is 0.118. The number of nitrogens with one attached hydrogen (secondary N) is 1. The Morgan fingerprint density at radius 3 is 2.58 bits per heavy atom. The highest BCUT2D eigenvalue weighted by Crippen LogP contribution is 2.17. The van der Waals surface area contributed by atoms with Crippen LogP contribution in [0.1, 0.15) is 30.9 Å². The summed E-state index contributed by atoms with van der Waals surface area (Å²) >= 11 is 0. The molecule has 1 saturated heterocycles. The van der Waals surface area contributed by atoms with E-state index in [0.717, 1.165) is 37.1 Å². The third kappa shape index (κ3) is 4.03. The lowest BCUT2D eigenvalue weighted by atomic mass is 10.1. The van der Waals surface area contributed by atoms with Gasteiger partial charge in [0.25, 0.3) is 0 Å². The highest BCUT2D eigenvalue weighted by molar-refractivity contribution is 7.88. The van der Waals surface area contributed by atoms with Crippen LogP contribution in [0.25, 0.3) is 0 Å². The van der Waals surface area contributed by atoms with Gasteiger partial charge in [0.1, 0.15) is 0 Å². The van der Waals surface area contributed by atoms with Crippen molar-refractivity contribution in [3.63, 3.8) is 0 Å². The SMILES string of the molecule is CCNCc1cccc(CS(=O)(=O)N2CCCC2)c1. The first kappa shape index (κ1) is 14.5. The van der Waals surface area contributed by atoms with Crippen LogP contribution in [0, 0.1) is 0 Å². The number of nitrogens with zero attached hydrogens (tertiary/aromatic N) is 1. The molecule has 0 amide bonds. The van der Waals surface area contributed by atoms with Gasteiger partial charge < -0.3 is 5.32 Å². The molecule has 0 aliphatic carbocycles. The number of hydrogen-bond donors (Lipinski definition) is 1. The van der Waals surface area contributed by atoms with Crippen LogP contribution in [0.4, 0.5) is 0 Å². The van der Waals surface area contributed by atoms with Gasteiger partial charge >= 0.3 is 0 Å². The topological polar surface area (TPSA) is 49.4 Å². The second kappa shape index (κ2) is 6.50. The molecule has 1 aliphatic rings. The first-order valence-electron chi connectivity index (χ1n) is 6.88. The summed E-state index contributed by atoms with van der Waals surface area (Å²) in [5, 5.41) is 3.25.